The summed E-state index contributed by atoms with van der Waals surface area (Å²) in [5.74, 6) is 1.56. The number of aryl methyl sites for hydroxylation is 1. The van der Waals surface area contributed by atoms with Crippen LogP contribution in [-0.2, 0) is 0 Å². The lowest BCUT2D eigenvalue weighted by Crippen LogP contribution is -2.36. The van der Waals surface area contributed by atoms with Gasteiger partial charge in [0.15, 0.2) is 0 Å². The monoisotopic (exact) mass is 276 g/mol. The van der Waals surface area contributed by atoms with E-state index in [0.717, 1.165) is 44.8 Å². The third kappa shape index (κ3) is 3.26. The predicted molar refractivity (Wildman–Crippen MR) is 80.1 cm³/mol. The van der Waals surface area contributed by atoms with E-state index in [1.165, 1.54) is 6.42 Å². The summed E-state index contributed by atoms with van der Waals surface area (Å²) in [5.41, 5.74) is 0.529. The Balaban J connectivity index is 2.24. The van der Waals surface area contributed by atoms with E-state index >= 15 is 0 Å². The van der Waals surface area contributed by atoms with Crippen molar-refractivity contribution in [3.63, 3.8) is 0 Å². The number of carbonyl (C=O) groups is 1. The summed E-state index contributed by atoms with van der Waals surface area (Å²) >= 11 is 0. The minimum Gasteiger partial charge on any atom is -0.357 e. The van der Waals surface area contributed by atoms with Gasteiger partial charge in [0.2, 0.25) is 0 Å². The van der Waals surface area contributed by atoms with Gasteiger partial charge in [0.1, 0.15) is 17.3 Å². The lowest BCUT2D eigenvalue weighted by molar-refractivity contribution is 0.0718. The highest BCUT2D eigenvalue weighted by atomic mass is 16.2. The summed E-state index contributed by atoms with van der Waals surface area (Å²) in [7, 11) is 0. The first-order valence-corrected chi connectivity index (χ1v) is 7.55. The summed E-state index contributed by atoms with van der Waals surface area (Å²) < 4.78 is 0. The fraction of sp³-hybridized carbons (Fsp3) is 0.667. The number of carbonyl (C=O) groups excluding carboxylic acids is 1. The van der Waals surface area contributed by atoms with Gasteiger partial charge < -0.3 is 9.80 Å². The van der Waals surface area contributed by atoms with Crippen LogP contribution < -0.4 is 4.90 Å². The highest BCUT2D eigenvalue weighted by Crippen LogP contribution is 2.16. The Labute approximate surface area is 121 Å². The van der Waals surface area contributed by atoms with Gasteiger partial charge in [-0.2, -0.15) is 0 Å². The number of likely N-dealkylation sites (tertiary alicyclic amines) is 1. The number of piperidine rings is 1. The number of rotatable bonds is 4. The fourth-order valence-corrected chi connectivity index (χ4v) is 2.63. The molecule has 0 N–H and O–H groups in total. The van der Waals surface area contributed by atoms with Crippen LogP contribution >= 0.6 is 0 Å². The van der Waals surface area contributed by atoms with Crippen molar-refractivity contribution in [2.75, 3.05) is 31.1 Å². The maximum Gasteiger partial charge on any atom is 0.272 e. The van der Waals surface area contributed by atoms with E-state index in [4.69, 9.17) is 0 Å². The van der Waals surface area contributed by atoms with Crippen LogP contribution in [0.4, 0.5) is 5.82 Å². The molecular weight excluding hydrogens is 252 g/mol. The SMILES string of the molecule is CCN(CC)c1cc(C(=O)N2CCCCC2)nc(C)n1. The van der Waals surface area contributed by atoms with Crippen molar-refractivity contribution in [1.82, 2.24) is 14.9 Å². The fourth-order valence-electron chi connectivity index (χ4n) is 2.63. The minimum atomic E-state index is 0.0450. The Kier molecular flexibility index (Phi) is 4.93. The number of nitrogens with zero attached hydrogens (tertiary/aromatic N) is 4. The molecule has 1 fully saturated rings. The normalized spacial score (nSPS) is 15.2. The van der Waals surface area contributed by atoms with Crippen LogP contribution in [0, 0.1) is 6.92 Å². The zero-order valence-electron chi connectivity index (χ0n) is 12.7. The second-order valence-corrected chi connectivity index (χ2v) is 5.18. The van der Waals surface area contributed by atoms with E-state index in [1.54, 1.807) is 0 Å². The van der Waals surface area contributed by atoms with Crippen molar-refractivity contribution in [1.29, 1.82) is 0 Å². The zero-order valence-corrected chi connectivity index (χ0v) is 12.7. The molecule has 0 spiro atoms. The van der Waals surface area contributed by atoms with Crippen molar-refractivity contribution in [2.45, 2.75) is 40.0 Å². The number of anilines is 1. The van der Waals surface area contributed by atoms with Crippen LogP contribution in [0.3, 0.4) is 0 Å². The largest absolute Gasteiger partial charge is 0.357 e. The van der Waals surface area contributed by atoms with Crippen LogP contribution in [0.2, 0.25) is 0 Å². The molecule has 0 bridgehead atoms. The highest BCUT2D eigenvalue weighted by molar-refractivity contribution is 5.93. The van der Waals surface area contributed by atoms with Gasteiger partial charge in [-0.15, -0.1) is 0 Å². The zero-order chi connectivity index (χ0) is 14.5. The molecule has 1 aromatic heterocycles. The van der Waals surface area contributed by atoms with E-state index in [2.05, 4.69) is 28.7 Å². The lowest BCUT2D eigenvalue weighted by atomic mass is 10.1. The van der Waals surface area contributed by atoms with Crippen molar-refractivity contribution in [3.8, 4) is 0 Å². The van der Waals surface area contributed by atoms with E-state index in [-0.39, 0.29) is 5.91 Å². The van der Waals surface area contributed by atoms with Crippen LogP contribution in [0.15, 0.2) is 6.07 Å². The van der Waals surface area contributed by atoms with E-state index in [1.807, 2.05) is 17.9 Å². The molecule has 1 amide bonds. The molecule has 110 valence electrons. The molecule has 5 nitrogen and oxygen atoms in total. The molecule has 2 heterocycles. The molecule has 20 heavy (non-hydrogen) atoms. The number of hydrogen-bond donors (Lipinski definition) is 0. The molecule has 5 heteroatoms. The van der Waals surface area contributed by atoms with Crippen molar-refractivity contribution >= 4 is 11.7 Å². The minimum absolute atomic E-state index is 0.0450. The van der Waals surface area contributed by atoms with Crippen LogP contribution in [0.5, 0.6) is 0 Å². The van der Waals surface area contributed by atoms with Gasteiger partial charge in [0.05, 0.1) is 0 Å². The van der Waals surface area contributed by atoms with Gasteiger partial charge in [-0.25, -0.2) is 9.97 Å². The van der Waals surface area contributed by atoms with Crippen molar-refractivity contribution < 1.29 is 4.79 Å². The van der Waals surface area contributed by atoms with Gasteiger partial charge >= 0.3 is 0 Å². The van der Waals surface area contributed by atoms with E-state index in [0.29, 0.717) is 11.5 Å². The predicted octanol–water partition coefficient (Wildman–Crippen LogP) is 2.26. The molecule has 1 saturated heterocycles. The average Bonchev–Trinajstić information content (AvgIpc) is 2.48. The third-order valence-corrected chi connectivity index (χ3v) is 3.77. The van der Waals surface area contributed by atoms with Crippen LogP contribution in [-0.4, -0.2) is 47.0 Å². The molecule has 1 aliphatic rings. The number of aromatic nitrogens is 2. The molecule has 0 atom stereocenters. The summed E-state index contributed by atoms with van der Waals surface area (Å²) in [4.78, 5) is 25.4. The topological polar surface area (TPSA) is 49.3 Å². The summed E-state index contributed by atoms with van der Waals surface area (Å²) in [6.07, 6.45) is 3.41. The second kappa shape index (κ2) is 6.68. The quantitative estimate of drug-likeness (QED) is 0.846. The standard InChI is InChI=1S/C15H24N4O/c1-4-18(5-2)14-11-13(16-12(3)17-14)15(20)19-9-7-6-8-10-19/h11H,4-10H2,1-3H3. The Bertz CT molecular complexity index is 465. The van der Waals surface area contributed by atoms with E-state index in [9.17, 15) is 4.79 Å². The highest BCUT2D eigenvalue weighted by Gasteiger charge is 2.21. The summed E-state index contributed by atoms with van der Waals surface area (Å²) in [6, 6.07) is 1.83. The maximum atomic E-state index is 12.5. The lowest BCUT2D eigenvalue weighted by Gasteiger charge is -2.27. The third-order valence-electron chi connectivity index (χ3n) is 3.77. The smallest absolute Gasteiger partial charge is 0.272 e. The Hall–Kier alpha value is -1.65. The molecule has 0 aromatic carbocycles. The van der Waals surface area contributed by atoms with Gasteiger partial charge in [0, 0.05) is 32.2 Å². The summed E-state index contributed by atoms with van der Waals surface area (Å²) in [5, 5.41) is 0. The van der Waals surface area contributed by atoms with Gasteiger partial charge in [-0.1, -0.05) is 0 Å². The first-order chi connectivity index (χ1) is 9.65. The molecule has 0 saturated carbocycles. The molecule has 0 aliphatic carbocycles. The van der Waals surface area contributed by atoms with Crippen molar-refractivity contribution in [2.24, 2.45) is 0 Å². The van der Waals surface area contributed by atoms with Crippen molar-refractivity contribution in [3.05, 3.63) is 17.6 Å². The molecule has 1 aliphatic heterocycles. The van der Waals surface area contributed by atoms with Gasteiger partial charge in [0.25, 0.3) is 5.91 Å². The Morgan fingerprint density at radius 2 is 1.85 bits per heavy atom. The Morgan fingerprint density at radius 3 is 2.45 bits per heavy atom. The molecule has 0 radical (unpaired) electrons. The molecule has 0 unspecified atom stereocenters. The van der Waals surface area contributed by atoms with Crippen LogP contribution in [0.25, 0.3) is 0 Å². The maximum absolute atomic E-state index is 12.5. The molecule has 2 rings (SSSR count). The second-order valence-electron chi connectivity index (χ2n) is 5.18. The number of hydrogen-bond acceptors (Lipinski definition) is 4. The van der Waals surface area contributed by atoms with Crippen LogP contribution in [0.1, 0.15) is 49.4 Å². The first kappa shape index (κ1) is 14.8. The average molecular weight is 276 g/mol. The molecular formula is C15H24N4O. The van der Waals surface area contributed by atoms with Gasteiger partial charge in [-0.3, -0.25) is 4.79 Å². The van der Waals surface area contributed by atoms with E-state index < -0.39 is 0 Å². The molecule has 1 aromatic rings. The summed E-state index contributed by atoms with van der Waals surface area (Å²) in [6.45, 7) is 9.49. The van der Waals surface area contributed by atoms with Gasteiger partial charge in [-0.05, 0) is 40.0 Å². The number of amides is 1. The first-order valence-electron chi connectivity index (χ1n) is 7.55. The Morgan fingerprint density at radius 1 is 1.20 bits per heavy atom.